The molecule has 6 nitrogen and oxygen atoms in total. The highest BCUT2D eigenvalue weighted by atomic mass is 35.5. The molecule has 0 bridgehead atoms. The van der Waals surface area contributed by atoms with Gasteiger partial charge in [-0.1, -0.05) is 17.3 Å². The predicted octanol–water partition coefficient (Wildman–Crippen LogP) is 4.07. The van der Waals surface area contributed by atoms with Crippen LogP contribution in [0.2, 0.25) is 0 Å². The second kappa shape index (κ2) is 9.67. The second-order valence-electron chi connectivity index (χ2n) is 6.60. The van der Waals surface area contributed by atoms with Crippen molar-refractivity contribution < 1.29 is 26.4 Å². The van der Waals surface area contributed by atoms with E-state index in [9.17, 15) is 21.6 Å². The zero-order valence-corrected chi connectivity index (χ0v) is 17.4. The van der Waals surface area contributed by atoms with Gasteiger partial charge in [0.2, 0.25) is 10.0 Å². The maximum atomic E-state index is 12.7. The molecule has 11 heteroatoms. The molecule has 0 radical (unpaired) electrons. The van der Waals surface area contributed by atoms with E-state index in [1.807, 2.05) is 0 Å². The van der Waals surface area contributed by atoms with Crippen molar-refractivity contribution >= 4 is 33.8 Å². The van der Waals surface area contributed by atoms with E-state index in [1.54, 1.807) is 0 Å². The lowest BCUT2D eigenvalue weighted by Crippen LogP contribution is -2.38. The summed E-state index contributed by atoms with van der Waals surface area (Å²) >= 11 is 0. The largest absolute Gasteiger partial charge is 0.416 e. The molecule has 2 aromatic rings. The first-order valence-corrected chi connectivity index (χ1v) is 10.3. The van der Waals surface area contributed by atoms with E-state index < -0.39 is 21.8 Å². The molecule has 1 heterocycles. The Labute approximate surface area is 179 Å². The van der Waals surface area contributed by atoms with E-state index in [1.165, 1.54) is 40.7 Å². The molecular weight excluding hydrogens is 443 g/mol. The number of nitrogen functional groups attached to an aromatic ring is 1. The molecular formula is C19H21ClF3N3O3S. The van der Waals surface area contributed by atoms with Crippen molar-refractivity contribution in [1.29, 1.82) is 0 Å². The Bertz CT molecular complexity index is 986. The number of benzene rings is 2. The molecule has 1 aliphatic heterocycles. The quantitative estimate of drug-likeness (QED) is 0.535. The minimum atomic E-state index is -4.41. The Balaban J connectivity index is 0.00000320. The van der Waals surface area contributed by atoms with Crippen LogP contribution in [0, 0.1) is 0 Å². The van der Waals surface area contributed by atoms with Crippen molar-refractivity contribution in [2.75, 3.05) is 18.8 Å². The minimum Gasteiger partial charge on any atom is -0.399 e. The number of hydrogen-bond donors (Lipinski definition) is 1. The fourth-order valence-electron chi connectivity index (χ4n) is 2.90. The first-order valence-electron chi connectivity index (χ1n) is 8.86. The Hall–Kier alpha value is -2.30. The first kappa shape index (κ1) is 24.0. The fourth-order valence-corrected chi connectivity index (χ4v) is 4.34. The monoisotopic (exact) mass is 463 g/mol. The normalized spacial score (nSPS) is 15.4. The van der Waals surface area contributed by atoms with Crippen molar-refractivity contribution in [3.63, 3.8) is 0 Å². The van der Waals surface area contributed by atoms with Crippen LogP contribution in [0.1, 0.15) is 24.0 Å². The van der Waals surface area contributed by atoms with Crippen molar-refractivity contribution in [2.24, 2.45) is 5.16 Å². The van der Waals surface area contributed by atoms with E-state index in [0.717, 1.165) is 12.1 Å². The standard InChI is InChI=1S/C19H20F3N3O3S.ClH/c20-19(21,22)15-3-1-2-14(12-15)13-28-24-17-8-10-25(11-9-17)29(26,27)18-6-4-16(23)5-7-18;/h1-7,12H,8-11,13,23H2;1H. The average molecular weight is 464 g/mol. The Morgan fingerprint density at radius 3 is 2.30 bits per heavy atom. The third-order valence-electron chi connectivity index (χ3n) is 4.50. The Morgan fingerprint density at radius 2 is 1.70 bits per heavy atom. The van der Waals surface area contributed by atoms with Crippen molar-refractivity contribution in [3.8, 4) is 0 Å². The number of rotatable bonds is 5. The number of anilines is 1. The summed E-state index contributed by atoms with van der Waals surface area (Å²) in [4.78, 5) is 5.36. The number of oxime groups is 1. The van der Waals surface area contributed by atoms with Crippen LogP contribution in [-0.4, -0.2) is 31.5 Å². The van der Waals surface area contributed by atoms with Crippen LogP contribution >= 0.6 is 12.4 Å². The number of halogens is 4. The van der Waals surface area contributed by atoms with Gasteiger partial charge in [0.25, 0.3) is 0 Å². The summed E-state index contributed by atoms with van der Waals surface area (Å²) in [7, 11) is -3.61. The molecule has 1 fully saturated rings. The summed E-state index contributed by atoms with van der Waals surface area (Å²) < 4.78 is 64.8. The summed E-state index contributed by atoms with van der Waals surface area (Å²) in [5.41, 5.74) is 6.35. The van der Waals surface area contributed by atoms with E-state index in [4.69, 9.17) is 10.6 Å². The number of piperidine rings is 1. The van der Waals surface area contributed by atoms with Crippen LogP contribution < -0.4 is 5.73 Å². The fraction of sp³-hybridized carbons (Fsp3) is 0.316. The van der Waals surface area contributed by atoms with Crippen molar-refractivity contribution in [3.05, 3.63) is 59.7 Å². The van der Waals surface area contributed by atoms with Crippen molar-refractivity contribution in [2.45, 2.75) is 30.5 Å². The minimum absolute atomic E-state index is 0. The van der Waals surface area contributed by atoms with Gasteiger partial charge in [0, 0.05) is 31.6 Å². The molecule has 164 valence electrons. The van der Waals surface area contributed by atoms with Gasteiger partial charge in [-0.15, -0.1) is 12.4 Å². The summed E-state index contributed by atoms with van der Waals surface area (Å²) in [5.74, 6) is 0. The molecule has 0 aromatic heterocycles. The summed E-state index contributed by atoms with van der Waals surface area (Å²) in [6.07, 6.45) is -3.64. The topological polar surface area (TPSA) is 85.0 Å². The van der Waals surface area contributed by atoms with Crippen LogP contribution in [-0.2, 0) is 27.6 Å². The van der Waals surface area contributed by atoms with Gasteiger partial charge in [0.15, 0.2) is 0 Å². The lowest BCUT2D eigenvalue weighted by molar-refractivity contribution is -0.137. The average Bonchev–Trinajstić information content (AvgIpc) is 2.68. The number of sulfonamides is 1. The Morgan fingerprint density at radius 1 is 1.07 bits per heavy atom. The second-order valence-corrected chi connectivity index (χ2v) is 8.54. The van der Waals surface area contributed by atoms with E-state index >= 15 is 0 Å². The molecule has 0 atom stereocenters. The van der Waals surface area contributed by atoms with Crippen LogP contribution in [0.5, 0.6) is 0 Å². The smallest absolute Gasteiger partial charge is 0.399 e. The van der Waals surface area contributed by atoms with Gasteiger partial charge in [0.1, 0.15) is 6.61 Å². The van der Waals surface area contributed by atoms with Gasteiger partial charge in [-0.05, 0) is 42.0 Å². The van der Waals surface area contributed by atoms with Gasteiger partial charge < -0.3 is 10.6 Å². The van der Waals surface area contributed by atoms with Gasteiger partial charge in [-0.25, -0.2) is 8.42 Å². The highest BCUT2D eigenvalue weighted by Crippen LogP contribution is 2.29. The lowest BCUT2D eigenvalue weighted by atomic mass is 10.1. The zero-order chi connectivity index (χ0) is 21.1. The number of alkyl halides is 3. The molecule has 0 aliphatic carbocycles. The molecule has 30 heavy (non-hydrogen) atoms. The molecule has 0 saturated carbocycles. The van der Waals surface area contributed by atoms with Gasteiger partial charge in [-0.3, -0.25) is 0 Å². The molecule has 1 saturated heterocycles. The molecule has 0 spiro atoms. The molecule has 0 unspecified atom stereocenters. The van der Waals surface area contributed by atoms with Gasteiger partial charge in [0.05, 0.1) is 16.2 Å². The third-order valence-corrected chi connectivity index (χ3v) is 6.41. The Kier molecular flexibility index (Phi) is 7.73. The van der Waals surface area contributed by atoms with Crippen LogP contribution in [0.25, 0.3) is 0 Å². The molecule has 1 aliphatic rings. The predicted molar refractivity (Wildman–Crippen MR) is 110 cm³/mol. The highest BCUT2D eigenvalue weighted by molar-refractivity contribution is 7.89. The maximum absolute atomic E-state index is 12.7. The lowest BCUT2D eigenvalue weighted by Gasteiger charge is -2.26. The van der Waals surface area contributed by atoms with E-state index in [-0.39, 0.29) is 37.0 Å². The van der Waals surface area contributed by atoms with Crippen molar-refractivity contribution in [1.82, 2.24) is 4.31 Å². The van der Waals surface area contributed by atoms with Crippen LogP contribution in [0.3, 0.4) is 0 Å². The summed E-state index contributed by atoms with van der Waals surface area (Å²) in [6.45, 7) is 0.401. The zero-order valence-electron chi connectivity index (χ0n) is 15.8. The summed E-state index contributed by atoms with van der Waals surface area (Å²) in [6, 6.07) is 10.8. The third kappa shape index (κ3) is 5.87. The molecule has 0 amide bonds. The number of nitrogens with two attached hydrogens (primary N) is 1. The summed E-state index contributed by atoms with van der Waals surface area (Å²) in [5, 5.41) is 3.97. The first-order chi connectivity index (χ1) is 13.7. The van der Waals surface area contributed by atoms with E-state index in [2.05, 4.69) is 5.16 Å². The van der Waals surface area contributed by atoms with Gasteiger partial charge in [-0.2, -0.15) is 17.5 Å². The highest BCUT2D eigenvalue weighted by Gasteiger charge is 2.30. The maximum Gasteiger partial charge on any atom is 0.416 e. The van der Waals surface area contributed by atoms with E-state index in [0.29, 0.717) is 29.8 Å². The van der Waals surface area contributed by atoms with Crippen LogP contribution in [0.4, 0.5) is 18.9 Å². The SMILES string of the molecule is Cl.Nc1ccc(S(=O)(=O)N2CCC(=NOCc3cccc(C(F)(F)F)c3)CC2)cc1. The molecule has 3 rings (SSSR count). The molecule has 2 aromatic carbocycles. The number of nitrogens with zero attached hydrogens (tertiary/aromatic N) is 2. The molecule has 2 N–H and O–H groups in total. The number of hydrogen-bond acceptors (Lipinski definition) is 5. The van der Waals surface area contributed by atoms with Crippen LogP contribution in [0.15, 0.2) is 58.6 Å². The van der Waals surface area contributed by atoms with Gasteiger partial charge >= 0.3 is 6.18 Å².